The molecule has 2 fully saturated rings. The van der Waals surface area contributed by atoms with Gasteiger partial charge in [-0.15, -0.1) is 0 Å². The second-order valence-electron chi connectivity index (χ2n) is 7.76. The molecule has 0 aromatic carbocycles. The van der Waals surface area contributed by atoms with Crippen LogP contribution < -0.4 is 5.73 Å². The zero-order valence-corrected chi connectivity index (χ0v) is 15.7. The molecule has 2 N–H and O–H groups in total. The van der Waals surface area contributed by atoms with Crippen LogP contribution in [0.1, 0.15) is 73.6 Å². The van der Waals surface area contributed by atoms with Gasteiger partial charge in [0.1, 0.15) is 0 Å². The number of rotatable bonds is 5. The highest BCUT2D eigenvalue weighted by molar-refractivity contribution is 4.80. The highest BCUT2D eigenvalue weighted by Gasteiger charge is 2.24. The summed E-state index contributed by atoms with van der Waals surface area (Å²) in [7, 11) is 2.37. The van der Waals surface area contributed by atoms with Crippen molar-refractivity contribution in [2.24, 2.45) is 11.7 Å². The van der Waals surface area contributed by atoms with Gasteiger partial charge in [-0.25, -0.2) is 0 Å². The van der Waals surface area contributed by atoms with Gasteiger partial charge < -0.3 is 15.5 Å². The molecule has 2 aliphatic rings. The van der Waals surface area contributed by atoms with Gasteiger partial charge in [-0.05, 0) is 70.7 Å². The fraction of sp³-hybridized carbons (Fsp3) is 1.00. The predicted molar refractivity (Wildman–Crippen MR) is 100 cm³/mol. The summed E-state index contributed by atoms with van der Waals surface area (Å²) in [6.07, 6.45) is 11.5. The monoisotopic (exact) mass is 313 g/mol. The maximum absolute atomic E-state index is 5.11. The number of nitrogens with zero attached hydrogens (tertiary/aromatic N) is 2. The summed E-state index contributed by atoms with van der Waals surface area (Å²) in [4.78, 5) is 5.32. The van der Waals surface area contributed by atoms with Crippen molar-refractivity contribution in [1.82, 2.24) is 9.80 Å². The molecule has 1 saturated heterocycles. The number of nitrogens with two attached hydrogens (primary N) is 1. The lowest BCUT2D eigenvalue weighted by Crippen LogP contribution is -2.45. The van der Waals surface area contributed by atoms with Crippen LogP contribution in [-0.4, -0.2) is 55.1 Å². The summed E-state index contributed by atoms with van der Waals surface area (Å²) in [6.45, 7) is 11.5. The molecule has 0 aromatic rings. The Hall–Kier alpha value is -0.120. The Morgan fingerprint density at radius 2 is 1.64 bits per heavy atom. The van der Waals surface area contributed by atoms with E-state index in [1.807, 2.05) is 13.8 Å². The second kappa shape index (κ2) is 11.4. The molecule has 0 atom stereocenters. The van der Waals surface area contributed by atoms with E-state index in [4.69, 9.17) is 5.73 Å². The number of piperidine rings is 1. The van der Waals surface area contributed by atoms with Crippen LogP contribution in [0.15, 0.2) is 0 Å². The van der Waals surface area contributed by atoms with Crippen LogP contribution in [-0.2, 0) is 0 Å². The van der Waals surface area contributed by atoms with E-state index in [1.165, 1.54) is 77.5 Å². The average Bonchev–Trinajstić information content (AvgIpc) is 2.49. The van der Waals surface area contributed by atoms with Gasteiger partial charge >= 0.3 is 0 Å². The van der Waals surface area contributed by atoms with Crippen LogP contribution >= 0.6 is 0 Å². The summed E-state index contributed by atoms with van der Waals surface area (Å²) in [5.74, 6) is 0.998. The van der Waals surface area contributed by atoms with Crippen LogP contribution in [0.25, 0.3) is 0 Å². The van der Waals surface area contributed by atoms with Gasteiger partial charge in [-0.1, -0.05) is 40.0 Å². The van der Waals surface area contributed by atoms with Crippen LogP contribution in [0.4, 0.5) is 0 Å². The maximum Gasteiger partial charge on any atom is 0.0117 e. The maximum atomic E-state index is 5.11. The average molecular weight is 314 g/mol. The minimum Gasteiger partial charge on any atom is -0.328 e. The van der Waals surface area contributed by atoms with Crippen LogP contribution in [0.5, 0.6) is 0 Å². The molecule has 1 saturated carbocycles. The molecule has 3 heteroatoms. The first kappa shape index (κ1) is 19.9. The quantitative estimate of drug-likeness (QED) is 0.833. The zero-order valence-electron chi connectivity index (χ0n) is 15.7. The van der Waals surface area contributed by atoms with Gasteiger partial charge in [-0.2, -0.15) is 0 Å². The number of hydrogen-bond donors (Lipinski definition) is 1. The van der Waals surface area contributed by atoms with Crippen molar-refractivity contribution in [3.05, 3.63) is 0 Å². The van der Waals surface area contributed by atoms with Gasteiger partial charge in [0.05, 0.1) is 0 Å². The zero-order chi connectivity index (χ0) is 16.4. The van der Waals surface area contributed by atoms with E-state index >= 15 is 0 Å². The van der Waals surface area contributed by atoms with E-state index < -0.39 is 0 Å². The first-order chi connectivity index (χ1) is 10.5. The molecule has 0 aromatic heterocycles. The van der Waals surface area contributed by atoms with E-state index in [9.17, 15) is 0 Å². The van der Waals surface area contributed by atoms with Crippen LogP contribution in [0.3, 0.4) is 0 Å². The van der Waals surface area contributed by atoms with Crippen molar-refractivity contribution in [1.29, 1.82) is 0 Å². The van der Waals surface area contributed by atoms with Crippen molar-refractivity contribution >= 4 is 0 Å². The summed E-state index contributed by atoms with van der Waals surface area (Å²) < 4.78 is 0. The predicted octanol–water partition coefficient (Wildman–Crippen LogP) is 3.97. The Kier molecular flexibility index (Phi) is 10.3. The first-order valence-electron chi connectivity index (χ1n) is 9.71. The normalized spacial score (nSPS) is 22.0. The van der Waals surface area contributed by atoms with Crippen molar-refractivity contribution in [2.75, 3.05) is 33.2 Å². The van der Waals surface area contributed by atoms with Crippen molar-refractivity contribution in [3.63, 3.8) is 0 Å². The van der Waals surface area contributed by atoms with Gasteiger partial charge in [-0.3, -0.25) is 0 Å². The topological polar surface area (TPSA) is 32.5 Å². The minimum atomic E-state index is 0. The highest BCUT2D eigenvalue weighted by Crippen LogP contribution is 2.26. The molecule has 0 amide bonds. The molecule has 0 bridgehead atoms. The Morgan fingerprint density at radius 1 is 1.09 bits per heavy atom. The Morgan fingerprint density at radius 3 is 2.14 bits per heavy atom. The molecule has 22 heavy (non-hydrogen) atoms. The number of hydrogen-bond acceptors (Lipinski definition) is 3. The van der Waals surface area contributed by atoms with E-state index in [0.29, 0.717) is 6.04 Å². The van der Waals surface area contributed by atoms with E-state index in [0.717, 1.165) is 12.0 Å². The molecule has 2 rings (SSSR count). The highest BCUT2D eigenvalue weighted by atomic mass is 15.2. The molecular weight excluding hydrogens is 270 g/mol. The molecule has 3 nitrogen and oxygen atoms in total. The summed E-state index contributed by atoms with van der Waals surface area (Å²) in [6, 6.07) is 1.19. The summed E-state index contributed by atoms with van der Waals surface area (Å²) >= 11 is 0. The second-order valence-corrected chi connectivity index (χ2v) is 7.76. The lowest BCUT2D eigenvalue weighted by molar-refractivity contribution is 0.108. The van der Waals surface area contributed by atoms with Gasteiger partial charge in [0.2, 0.25) is 0 Å². The minimum absolute atomic E-state index is 0. The molecule has 0 spiro atoms. The third kappa shape index (κ3) is 8.50. The smallest absolute Gasteiger partial charge is 0.0117 e. The Bertz CT molecular complexity index is 257. The Labute approximate surface area is 141 Å². The molecule has 0 unspecified atom stereocenters. The molecule has 1 heterocycles. The van der Waals surface area contributed by atoms with E-state index in [1.54, 1.807) is 0 Å². The van der Waals surface area contributed by atoms with Crippen molar-refractivity contribution in [3.8, 4) is 0 Å². The molecule has 134 valence electrons. The summed E-state index contributed by atoms with van der Waals surface area (Å²) in [5, 5.41) is 0. The number of likely N-dealkylation sites (tertiary alicyclic amines) is 1. The molecule has 0 radical (unpaired) electrons. The van der Waals surface area contributed by atoms with Gasteiger partial charge in [0.25, 0.3) is 0 Å². The van der Waals surface area contributed by atoms with Crippen LogP contribution in [0, 0.1) is 5.92 Å². The van der Waals surface area contributed by atoms with Gasteiger partial charge in [0, 0.05) is 14.0 Å². The lowest BCUT2D eigenvalue weighted by Gasteiger charge is -2.38. The SMILES string of the molecule is CC(C)N.CCCN1CCC(N(C)CC2CCCCC2)CC1.[HH]. The van der Waals surface area contributed by atoms with Crippen molar-refractivity contribution in [2.45, 2.75) is 84.2 Å². The van der Waals surface area contributed by atoms with E-state index in [2.05, 4.69) is 23.8 Å². The third-order valence-corrected chi connectivity index (χ3v) is 4.99. The Balaban J connectivity index is 0.000000871. The van der Waals surface area contributed by atoms with Gasteiger partial charge in [0.15, 0.2) is 0 Å². The fourth-order valence-corrected chi connectivity index (χ4v) is 3.83. The third-order valence-electron chi connectivity index (χ3n) is 4.99. The summed E-state index contributed by atoms with van der Waals surface area (Å²) in [5.41, 5.74) is 5.11. The fourth-order valence-electron chi connectivity index (χ4n) is 3.83. The van der Waals surface area contributed by atoms with E-state index in [-0.39, 0.29) is 1.43 Å². The molecule has 1 aliphatic heterocycles. The first-order valence-corrected chi connectivity index (χ1v) is 9.71. The lowest BCUT2D eigenvalue weighted by atomic mass is 9.88. The standard InChI is InChI=1S/C16H32N2.C3H9N.H2/c1-3-11-18-12-9-16(10-13-18)17(2)14-15-7-5-4-6-8-15;1-3(2)4;/h15-16H,3-14H2,1-2H3;3H,4H2,1-2H3;1H. The molecular formula is C19H43N3. The van der Waals surface area contributed by atoms with Crippen molar-refractivity contribution < 1.29 is 1.43 Å². The molecule has 1 aliphatic carbocycles. The largest absolute Gasteiger partial charge is 0.328 e. The van der Waals surface area contributed by atoms with Crippen LogP contribution in [0.2, 0.25) is 0 Å².